The number of hydrogen-bond donors (Lipinski definition) is 0. The lowest BCUT2D eigenvalue weighted by atomic mass is 10.1. The molecule has 0 saturated carbocycles. The molecule has 3 aromatic rings. The molecular weight excluding hydrogens is 442 g/mol. The quantitative estimate of drug-likeness (QED) is 0.239. The van der Waals surface area contributed by atoms with Crippen LogP contribution in [0.25, 0.3) is 11.0 Å². The average molecular weight is 458 g/mol. The Bertz CT molecular complexity index is 1320. The Labute approximate surface area is 184 Å². The highest BCUT2D eigenvalue weighted by atomic mass is 19.3. The largest absolute Gasteiger partial charge is 0.453 e. The van der Waals surface area contributed by atoms with Crippen LogP contribution in [0.4, 0.5) is 14.5 Å². The molecule has 4 rings (SSSR count). The topological polar surface area (TPSA) is 125 Å². The maximum absolute atomic E-state index is 13.7. The maximum Gasteiger partial charge on any atom is 0.329 e. The van der Waals surface area contributed by atoms with Gasteiger partial charge in [-0.3, -0.25) is 29.2 Å². The van der Waals surface area contributed by atoms with Crippen molar-refractivity contribution < 1.29 is 32.8 Å². The predicted octanol–water partition coefficient (Wildman–Crippen LogP) is 3.63. The first-order chi connectivity index (χ1) is 15.6. The number of esters is 1. The van der Waals surface area contributed by atoms with Gasteiger partial charge in [0.25, 0.3) is 17.5 Å². The maximum atomic E-state index is 13.7. The molecule has 2 heterocycles. The normalized spacial score (nSPS) is 15.1. The summed E-state index contributed by atoms with van der Waals surface area (Å²) in [5.74, 6) is -3.19. The monoisotopic (exact) mass is 458 g/mol. The lowest BCUT2D eigenvalue weighted by Crippen LogP contribution is -2.44. The van der Waals surface area contributed by atoms with Gasteiger partial charge in [0.15, 0.2) is 11.9 Å². The van der Waals surface area contributed by atoms with E-state index < -0.39 is 52.7 Å². The molecule has 1 aliphatic rings. The second kappa shape index (κ2) is 8.04. The van der Waals surface area contributed by atoms with Crippen LogP contribution in [0.15, 0.2) is 42.5 Å². The van der Waals surface area contributed by atoms with E-state index in [1.807, 2.05) is 0 Å². The Morgan fingerprint density at radius 1 is 1.09 bits per heavy atom. The summed E-state index contributed by atoms with van der Waals surface area (Å²) in [6.45, 7) is -0.417. The molecule has 1 aliphatic heterocycles. The lowest BCUT2D eigenvalue weighted by Gasteiger charge is -2.23. The van der Waals surface area contributed by atoms with E-state index in [1.165, 1.54) is 38.1 Å². The van der Waals surface area contributed by atoms with Gasteiger partial charge >= 0.3 is 12.5 Å². The molecule has 0 spiro atoms. The summed E-state index contributed by atoms with van der Waals surface area (Å²) >= 11 is 0. The Morgan fingerprint density at radius 3 is 2.45 bits per heavy atom. The van der Waals surface area contributed by atoms with Crippen molar-refractivity contribution in [3.63, 3.8) is 0 Å². The van der Waals surface area contributed by atoms with Gasteiger partial charge < -0.3 is 4.74 Å². The van der Waals surface area contributed by atoms with Gasteiger partial charge in [-0.25, -0.2) is 9.78 Å². The number of ether oxygens (including phenoxy) is 1. The molecule has 0 bridgehead atoms. The second-order valence-corrected chi connectivity index (χ2v) is 7.30. The van der Waals surface area contributed by atoms with E-state index in [0.717, 1.165) is 6.07 Å². The van der Waals surface area contributed by atoms with Crippen LogP contribution in [0.5, 0.6) is 0 Å². The van der Waals surface area contributed by atoms with Crippen molar-refractivity contribution in [2.45, 2.75) is 32.5 Å². The molecule has 10 nitrogen and oxygen atoms in total. The van der Waals surface area contributed by atoms with Gasteiger partial charge in [-0.05, 0) is 32.0 Å². The van der Waals surface area contributed by atoms with Crippen molar-refractivity contribution in [2.24, 2.45) is 0 Å². The van der Waals surface area contributed by atoms with Crippen molar-refractivity contribution in [3.05, 3.63) is 69.5 Å². The van der Waals surface area contributed by atoms with E-state index in [0.29, 0.717) is 9.47 Å². The zero-order valence-corrected chi connectivity index (χ0v) is 17.3. The first-order valence-electron chi connectivity index (χ1n) is 9.74. The smallest absolute Gasteiger partial charge is 0.329 e. The van der Waals surface area contributed by atoms with Gasteiger partial charge in [0.1, 0.15) is 11.6 Å². The number of hydrogen-bond acceptors (Lipinski definition) is 7. The fraction of sp³-hybridized carbons (Fsp3) is 0.238. The number of fused-ring (bicyclic) bond motifs is 2. The van der Waals surface area contributed by atoms with Crippen LogP contribution in [0.1, 0.15) is 53.0 Å². The van der Waals surface area contributed by atoms with Crippen LogP contribution in [-0.4, -0.2) is 43.2 Å². The molecule has 1 unspecified atom stereocenters. The number of aromatic nitrogens is 2. The van der Waals surface area contributed by atoms with Crippen molar-refractivity contribution in [3.8, 4) is 0 Å². The minimum Gasteiger partial charge on any atom is -0.453 e. The van der Waals surface area contributed by atoms with Crippen LogP contribution in [0.2, 0.25) is 0 Å². The van der Waals surface area contributed by atoms with Crippen molar-refractivity contribution in [1.29, 1.82) is 0 Å². The van der Waals surface area contributed by atoms with Crippen LogP contribution in [-0.2, 0) is 9.53 Å². The highest BCUT2D eigenvalue weighted by molar-refractivity contribution is 6.24. The summed E-state index contributed by atoms with van der Waals surface area (Å²) < 4.78 is 33.3. The molecule has 33 heavy (non-hydrogen) atoms. The molecule has 12 heteroatoms. The number of rotatable bonds is 6. The van der Waals surface area contributed by atoms with Crippen LogP contribution in [0, 0.1) is 10.1 Å². The number of benzene rings is 2. The molecule has 0 N–H and O–H groups in total. The number of imide groups is 1. The van der Waals surface area contributed by atoms with Crippen molar-refractivity contribution in [2.75, 3.05) is 0 Å². The van der Waals surface area contributed by atoms with Crippen molar-refractivity contribution in [1.82, 2.24) is 14.5 Å². The standard InChI is InChI=1S/C21H16F2N4O6/c1-10(25-18(28)12-6-5-9-15(27(31)32)16(12)19(25)29)20(30)33-11(2)17-24-13-7-3-4-8-14(13)26(17)21(22)23/h3-11,21H,1-2H3/t10-,11?/m0/s1. The Morgan fingerprint density at radius 2 is 1.79 bits per heavy atom. The zero-order valence-electron chi connectivity index (χ0n) is 17.3. The second-order valence-electron chi connectivity index (χ2n) is 7.30. The molecule has 2 aromatic carbocycles. The predicted molar refractivity (Wildman–Crippen MR) is 109 cm³/mol. The molecule has 170 valence electrons. The Balaban J connectivity index is 1.60. The summed E-state index contributed by atoms with van der Waals surface area (Å²) in [5, 5.41) is 11.2. The third kappa shape index (κ3) is 3.49. The number of nitro benzene ring substituents is 1. The van der Waals surface area contributed by atoms with Gasteiger partial charge in [-0.1, -0.05) is 18.2 Å². The number of alkyl halides is 2. The summed E-state index contributed by atoms with van der Waals surface area (Å²) in [4.78, 5) is 53.3. The highest BCUT2D eigenvalue weighted by Crippen LogP contribution is 2.33. The number of para-hydroxylation sites is 2. The van der Waals surface area contributed by atoms with E-state index in [1.54, 1.807) is 12.1 Å². The van der Waals surface area contributed by atoms with Gasteiger partial charge in [-0.15, -0.1) is 0 Å². The summed E-state index contributed by atoms with van der Waals surface area (Å²) in [6, 6.07) is 8.26. The highest BCUT2D eigenvalue weighted by Gasteiger charge is 2.45. The minimum absolute atomic E-state index is 0.145. The van der Waals surface area contributed by atoms with Crippen molar-refractivity contribution >= 4 is 34.5 Å². The van der Waals surface area contributed by atoms with E-state index in [-0.39, 0.29) is 22.4 Å². The summed E-state index contributed by atoms with van der Waals surface area (Å²) in [7, 11) is 0. The Kier molecular flexibility index (Phi) is 5.36. The SMILES string of the molecule is CC(OC(=O)[C@H](C)N1C(=O)c2cccc([N+](=O)[O-])c2C1=O)c1nc2ccccc2n1C(F)F. The average Bonchev–Trinajstić information content (AvgIpc) is 3.29. The molecule has 1 aromatic heterocycles. The van der Waals surface area contributed by atoms with E-state index in [9.17, 15) is 33.3 Å². The number of amides is 2. The first-order valence-corrected chi connectivity index (χ1v) is 9.74. The molecule has 0 radical (unpaired) electrons. The summed E-state index contributed by atoms with van der Waals surface area (Å²) in [6.07, 6.45) is -1.24. The van der Waals surface area contributed by atoms with Gasteiger partial charge in [0.05, 0.1) is 21.5 Å². The van der Waals surface area contributed by atoms with Gasteiger partial charge in [0, 0.05) is 6.07 Å². The number of carbonyl (C=O) groups is 3. The van der Waals surface area contributed by atoms with Gasteiger partial charge in [0.2, 0.25) is 0 Å². The number of imidazole rings is 1. The van der Waals surface area contributed by atoms with E-state index >= 15 is 0 Å². The number of halogens is 2. The van der Waals surface area contributed by atoms with Gasteiger partial charge in [-0.2, -0.15) is 8.78 Å². The number of carbonyl (C=O) groups excluding carboxylic acids is 3. The van der Waals surface area contributed by atoms with Crippen LogP contribution >= 0.6 is 0 Å². The summed E-state index contributed by atoms with van der Waals surface area (Å²) in [5.41, 5.74) is -0.767. The number of nitro groups is 1. The minimum atomic E-state index is -2.96. The third-order valence-corrected chi connectivity index (χ3v) is 5.32. The molecule has 2 atom stereocenters. The van der Waals surface area contributed by atoms with E-state index in [4.69, 9.17) is 4.74 Å². The fourth-order valence-corrected chi connectivity index (χ4v) is 3.78. The van der Waals surface area contributed by atoms with Crippen LogP contribution in [0.3, 0.4) is 0 Å². The fourth-order valence-electron chi connectivity index (χ4n) is 3.78. The first kappa shape index (κ1) is 22.0. The molecule has 0 aliphatic carbocycles. The number of nitrogens with zero attached hydrogens (tertiary/aromatic N) is 4. The molecule has 0 saturated heterocycles. The molecular formula is C21H16F2N4O6. The zero-order chi connectivity index (χ0) is 24.0. The third-order valence-electron chi connectivity index (χ3n) is 5.32. The molecule has 2 amide bonds. The Hall–Kier alpha value is -4.22. The van der Waals surface area contributed by atoms with E-state index in [2.05, 4.69) is 4.98 Å². The lowest BCUT2D eigenvalue weighted by molar-refractivity contribution is -0.385. The van der Waals surface area contributed by atoms with Crippen LogP contribution < -0.4 is 0 Å². The molecule has 0 fully saturated rings.